The van der Waals surface area contributed by atoms with Crippen LogP contribution in [0.25, 0.3) is 11.3 Å². The van der Waals surface area contributed by atoms with Crippen molar-refractivity contribution in [3.8, 4) is 11.3 Å². The molecule has 0 unspecified atom stereocenters. The summed E-state index contributed by atoms with van der Waals surface area (Å²) in [5, 5.41) is 0.599. The molecule has 0 radical (unpaired) electrons. The summed E-state index contributed by atoms with van der Waals surface area (Å²) in [6, 6.07) is 18.0. The van der Waals surface area contributed by atoms with E-state index in [0.717, 1.165) is 10.0 Å². The highest BCUT2D eigenvalue weighted by Crippen LogP contribution is 2.25. The number of furan rings is 1. The standard InChI is InChI=1S/C17H10BrClO2/c18-13-5-1-11(2-6-13)15-9-10-16(21-15)17(20)12-3-7-14(19)8-4-12/h1-10H. The van der Waals surface area contributed by atoms with E-state index < -0.39 is 0 Å². The van der Waals surface area contributed by atoms with E-state index >= 15 is 0 Å². The van der Waals surface area contributed by atoms with Crippen molar-refractivity contribution in [1.29, 1.82) is 0 Å². The van der Waals surface area contributed by atoms with Gasteiger partial charge in [-0.25, -0.2) is 0 Å². The third kappa shape index (κ3) is 3.09. The predicted molar refractivity (Wildman–Crippen MR) is 86.7 cm³/mol. The number of hydrogen-bond acceptors (Lipinski definition) is 2. The molecule has 2 aromatic carbocycles. The van der Waals surface area contributed by atoms with E-state index in [1.807, 2.05) is 24.3 Å². The number of benzene rings is 2. The van der Waals surface area contributed by atoms with Crippen molar-refractivity contribution >= 4 is 33.3 Å². The van der Waals surface area contributed by atoms with E-state index in [1.54, 1.807) is 36.4 Å². The summed E-state index contributed by atoms with van der Waals surface area (Å²) in [6.45, 7) is 0. The van der Waals surface area contributed by atoms with E-state index in [4.69, 9.17) is 16.0 Å². The van der Waals surface area contributed by atoms with Crippen LogP contribution in [0.4, 0.5) is 0 Å². The number of hydrogen-bond donors (Lipinski definition) is 0. The molecule has 21 heavy (non-hydrogen) atoms. The molecule has 3 aromatic rings. The first-order chi connectivity index (χ1) is 10.1. The number of carbonyl (C=O) groups is 1. The predicted octanol–water partition coefficient (Wildman–Crippen LogP) is 5.59. The van der Waals surface area contributed by atoms with E-state index in [1.165, 1.54) is 0 Å². The zero-order chi connectivity index (χ0) is 14.8. The molecule has 3 rings (SSSR count). The van der Waals surface area contributed by atoms with Crippen molar-refractivity contribution in [2.75, 3.05) is 0 Å². The Hall–Kier alpha value is -1.84. The smallest absolute Gasteiger partial charge is 0.228 e. The molecular weight excluding hydrogens is 352 g/mol. The zero-order valence-corrected chi connectivity index (χ0v) is 13.2. The fraction of sp³-hybridized carbons (Fsp3) is 0. The quantitative estimate of drug-likeness (QED) is 0.569. The summed E-state index contributed by atoms with van der Waals surface area (Å²) >= 11 is 9.21. The second-order valence-corrected chi connectivity index (χ2v) is 5.86. The summed E-state index contributed by atoms with van der Waals surface area (Å²) in [5.74, 6) is 0.824. The van der Waals surface area contributed by atoms with Crippen LogP contribution in [-0.4, -0.2) is 5.78 Å². The van der Waals surface area contributed by atoms with Crippen molar-refractivity contribution < 1.29 is 9.21 Å². The lowest BCUT2D eigenvalue weighted by Crippen LogP contribution is -1.98. The molecule has 1 heterocycles. The number of carbonyl (C=O) groups excluding carboxylic acids is 1. The molecule has 0 atom stereocenters. The average molecular weight is 362 g/mol. The van der Waals surface area contributed by atoms with Gasteiger partial charge in [0.25, 0.3) is 0 Å². The second-order valence-electron chi connectivity index (χ2n) is 4.51. The van der Waals surface area contributed by atoms with Gasteiger partial charge >= 0.3 is 0 Å². The molecule has 0 N–H and O–H groups in total. The van der Waals surface area contributed by atoms with Crippen molar-refractivity contribution in [3.63, 3.8) is 0 Å². The maximum Gasteiger partial charge on any atom is 0.228 e. The largest absolute Gasteiger partial charge is 0.453 e. The maximum atomic E-state index is 12.3. The molecule has 0 fully saturated rings. The summed E-state index contributed by atoms with van der Waals surface area (Å²) in [6.07, 6.45) is 0. The van der Waals surface area contributed by atoms with Crippen LogP contribution in [0.5, 0.6) is 0 Å². The van der Waals surface area contributed by atoms with Crippen LogP contribution in [-0.2, 0) is 0 Å². The second kappa shape index (κ2) is 5.88. The van der Waals surface area contributed by atoms with Gasteiger partial charge in [-0.3, -0.25) is 4.79 Å². The van der Waals surface area contributed by atoms with Gasteiger partial charge in [0.1, 0.15) is 5.76 Å². The average Bonchev–Trinajstić information content (AvgIpc) is 2.98. The van der Waals surface area contributed by atoms with Gasteiger partial charge in [0.05, 0.1) is 0 Å². The minimum absolute atomic E-state index is 0.157. The molecule has 0 aliphatic heterocycles. The topological polar surface area (TPSA) is 30.2 Å². The normalized spacial score (nSPS) is 10.6. The van der Waals surface area contributed by atoms with Crippen LogP contribution in [0.1, 0.15) is 16.1 Å². The molecule has 0 saturated carbocycles. The molecule has 0 aliphatic rings. The minimum atomic E-state index is -0.157. The Morgan fingerprint density at radius 2 is 1.57 bits per heavy atom. The fourth-order valence-electron chi connectivity index (χ4n) is 1.97. The Balaban J connectivity index is 1.89. The Bertz CT molecular complexity index is 773. The third-order valence-corrected chi connectivity index (χ3v) is 3.85. The lowest BCUT2D eigenvalue weighted by molar-refractivity contribution is 0.101. The van der Waals surface area contributed by atoms with E-state index in [9.17, 15) is 4.79 Å². The monoisotopic (exact) mass is 360 g/mol. The molecular formula is C17H10BrClO2. The summed E-state index contributed by atoms with van der Waals surface area (Å²) in [4.78, 5) is 12.3. The highest BCUT2D eigenvalue weighted by atomic mass is 79.9. The van der Waals surface area contributed by atoms with Crippen LogP contribution >= 0.6 is 27.5 Å². The summed E-state index contributed by atoms with van der Waals surface area (Å²) < 4.78 is 6.65. The molecule has 0 spiro atoms. The van der Waals surface area contributed by atoms with Gasteiger partial charge in [-0.15, -0.1) is 0 Å². The highest BCUT2D eigenvalue weighted by Gasteiger charge is 2.14. The van der Waals surface area contributed by atoms with Gasteiger partial charge in [0.15, 0.2) is 5.76 Å². The first-order valence-electron chi connectivity index (χ1n) is 6.29. The Kier molecular flexibility index (Phi) is 3.95. The van der Waals surface area contributed by atoms with Gasteiger partial charge < -0.3 is 4.42 Å². The summed E-state index contributed by atoms with van der Waals surface area (Å²) in [5.41, 5.74) is 1.48. The van der Waals surface area contributed by atoms with Crippen molar-refractivity contribution in [3.05, 3.63) is 81.5 Å². The van der Waals surface area contributed by atoms with E-state index in [-0.39, 0.29) is 5.78 Å². The van der Waals surface area contributed by atoms with Gasteiger partial charge in [0.2, 0.25) is 5.78 Å². The Morgan fingerprint density at radius 3 is 2.24 bits per heavy atom. The van der Waals surface area contributed by atoms with Crippen molar-refractivity contribution in [1.82, 2.24) is 0 Å². The first-order valence-corrected chi connectivity index (χ1v) is 7.46. The molecule has 2 nitrogen and oxygen atoms in total. The van der Waals surface area contributed by atoms with Crippen LogP contribution in [0.2, 0.25) is 5.02 Å². The first kappa shape index (κ1) is 14.1. The molecule has 0 amide bonds. The molecule has 104 valence electrons. The van der Waals surface area contributed by atoms with Crippen LogP contribution in [0.15, 0.2) is 69.6 Å². The minimum Gasteiger partial charge on any atom is -0.453 e. The van der Waals surface area contributed by atoms with Crippen molar-refractivity contribution in [2.45, 2.75) is 0 Å². The van der Waals surface area contributed by atoms with Gasteiger partial charge in [-0.2, -0.15) is 0 Å². The zero-order valence-electron chi connectivity index (χ0n) is 10.8. The third-order valence-electron chi connectivity index (χ3n) is 3.06. The Labute approximate surface area is 135 Å². The van der Waals surface area contributed by atoms with Crippen molar-refractivity contribution in [2.24, 2.45) is 0 Å². The molecule has 4 heteroatoms. The summed E-state index contributed by atoms with van der Waals surface area (Å²) in [7, 11) is 0. The molecule has 1 aromatic heterocycles. The van der Waals surface area contributed by atoms with Gasteiger partial charge in [-0.05, 0) is 48.5 Å². The fourth-order valence-corrected chi connectivity index (χ4v) is 2.36. The van der Waals surface area contributed by atoms with Crippen LogP contribution in [0.3, 0.4) is 0 Å². The maximum absolute atomic E-state index is 12.3. The van der Waals surface area contributed by atoms with E-state index in [2.05, 4.69) is 15.9 Å². The number of rotatable bonds is 3. The van der Waals surface area contributed by atoms with E-state index in [0.29, 0.717) is 22.1 Å². The van der Waals surface area contributed by atoms with Crippen LogP contribution in [0, 0.1) is 0 Å². The van der Waals surface area contributed by atoms with Gasteiger partial charge in [0, 0.05) is 20.6 Å². The number of halogens is 2. The number of ketones is 1. The van der Waals surface area contributed by atoms with Crippen LogP contribution < -0.4 is 0 Å². The highest BCUT2D eigenvalue weighted by molar-refractivity contribution is 9.10. The lowest BCUT2D eigenvalue weighted by atomic mass is 10.1. The molecule has 0 saturated heterocycles. The Morgan fingerprint density at radius 1 is 0.905 bits per heavy atom. The molecule has 0 bridgehead atoms. The lowest BCUT2D eigenvalue weighted by Gasteiger charge is -1.99. The molecule has 0 aliphatic carbocycles. The SMILES string of the molecule is O=C(c1ccc(Cl)cc1)c1ccc(-c2ccc(Br)cc2)o1. The van der Waals surface area contributed by atoms with Gasteiger partial charge in [-0.1, -0.05) is 39.7 Å².